The normalized spacial score (nSPS) is 11.8. The fourth-order valence-corrected chi connectivity index (χ4v) is 6.90. The van der Waals surface area contributed by atoms with E-state index in [1.54, 1.807) is 0 Å². The quantitative estimate of drug-likeness (QED) is 0.249. The average Bonchev–Trinajstić information content (AvgIpc) is 3.59. The zero-order valence-corrected chi connectivity index (χ0v) is 21.8. The van der Waals surface area contributed by atoms with Crippen molar-refractivity contribution in [3.05, 3.63) is 114 Å². The van der Waals surface area contributed by atoms with Gasteiger partial charge < -0.3 is 0 Å². The van der Waals surface area contributed by atoms with Crippen LogP contribution in [0.15, 0.2) is 101 Å². The predicted molar refractivity (Wildman–Crippen MR) is 140 cm³/mol. The number of carbonyl (C=O) groups is 2. The summed E-state index contributed by atoms with van der Waals surface area (Å²) in [6.07, 6.45) is 4.51. The molecule has 3 aromatic heterocycles. The molecule has 0 aliphatic carbocycles. The van der Waals surface area contributed by atoms with Crippen molar-refractivity contribution in [1.82, 2.24) is 12.9 Å². The van der Waals surface area contributed by atoms with E-state index in [0.29, 0.717) is 20.5 Å². The maximum Gasteiger partial charge on any atom is 0.269 e. The third-order valence-electron chi connectivity index (χ3n) is 5.99. The molecular formula is C27H17F2N3O6S2. The SMILES string of the molecule is O=Cc1cc(-c2ccccc2F)n(S(=O)(=O)c2cncc(S(=O)(=O)n3cc(C=O)cc3-c3ccccc3F)c2)c1. The topological polar surface area (TPSA) is 125 Å². The molecule has 0 spiro atoms. The highest BCUT2D eigenvalue weighted by Gasteiger charge is 2.28. The second-order valence-electron chi connectivity index (χ2n) is 8.47. The zero-order chi connectivity index (χ0) is 28.7. The number of aldehydes is 2. The van der Waals surface area contributed by atoms with E-state index in [1.165, 1.54) is 48.5 Å². The first-order chi connectivity index (χ1) is 19.1. The Morgan fingerprint density at radius 3 is 1.40 bits per heavy atom. The van der Waals surface area contributed by atoms with Crippen molar-refractivity contribution in [1.29, 1.82) is 0 Å². The van der Waals surface area contributed by atoms with E-state index >= 15 is 0 Å². The van der Waals surface area contributed by atoms with Gasteiger partial charge in [-0.15, -0.1) is 0 Å². The van der Waals surface area contributed by atoms with Crippen molar-refractivity contribution < 1.29 is 35.2 Å². The largest absolute Gasteiger partial charge is 0.298 e. The highest BCUT2D eigenvalue weighted by Crippen LogP contribution is 2.31. The summed E-state index contributed by atoms with van der Waals surface area (Å²) in [5.74, 6) is -1.49. The first-order valence-electron chi connectivity index (χ1n) is 11.4. The lowest BCUT2D eigenvalue weighted by atomic mass is 10.1. The monoisotopic (exact) mass is 581 g/mol. The molecule has 202 valence electrons. The van der Waals surface area contributed by atoms with E-state index in [1.807, 2.05) is 0 Å². The van der Waals surface area contributed by atoms with Crippen molar-refractivity contribution >= 4 is 32.6 Å². The second-order valence-corrected chi connectivity index (χ2v) is 12.1. The van der Waals surface area contributed by atoms with E-state index in [4.69, 9.17) is 0 Å². The van der Waals surface area contributed by atoms with Gasteiger partial charge in [0, 0.05) is 47.0 Å². The molecule has 0 fully saturated rings. The third-order valence-corrected chi connectivity index (χ3v) is 9.27. The van der Waals surface area contributed by atoms with Crippen LogP contribution in [0.25, 0.3) is 22.5 Å². The molecule has 5 rings (SSSR count). The number of hydrogen-bond acceptors (Lipinski definition) is 7. The van der Waals surface area contributed by atoms with E-state index in [2.05, 4.69) is 4.98 Å². The van der Waals surface area contributed by atoms with E-state index in [0.717, 1.165) is 43.0 Å². The minimum Gasteiger partial charge on any atom is -0.298 e. The van der Waals surface area contributed by atoms with Crippen LogP contribution >= 0.6 is 0 Å². The predicted octanol–water partition coefficient (Wildman–Crippen LogP) is 4.40. The minimum absolute atomic E-state index is 0.0678. The lowest BCUT2D eigenvalue weighted by molar-refractivity contribution is 0.111. The molecule has 9 nitrogen and oxygen atoms in total. The van der Waals surface area contributed by atoms with Gasteiger partial charge in [-0.05, 0) is 42.5 Å². The smallest absolute Gasteiger partial charge is 0.269 e. The van der Waals surface area contributed by atoms with Crippen LogP contribution in [0.4, 0.5) is 8.78 Å². The Morgan fingerprint density at radius 1 is 0.625 bits per heavy atom. The Hall–Kier alpha value is -4.75. The van der Waals surface area contributed by atoms with Crippen LogP contribution in [0.1, 0.15) is 20.7 Å². The fourth-order valence-electron chi connectivity index (χ4n) is 4.09. The van der Waals surface area contributed by atoms with Crippen LogP contribution in [0, 0.1) is 11.6 Å². The Bertz CT molecular complexity index is 1870. The molecule has 3 heterocycles. The molecule has 0 unspecified atom stereocenters. The molecule has 0 aliphatic heterocycles. The maximum atomic E-state index is 14.6. The Labute approximate surface area is 227 Å². The molecule has 0 atom stereocenters. The van der Waals surface area contributed by atoms with Gasteiger partial charge in [0.25, 0.3) is 20.0 Å². The molecule has 2 aromatic carbocycles. The van der Waals surface area contributed by atoms with Crippen molar-refractivity contribution in [3.8, 4) is 22.5 Å². The number of carbonyl (C=O) groups excluding carboxylic acids is 2. The summed E-state index contributed by atoms with van der Waals surface area (Å²) >= 11 is 0. The lowest BCUT2D eigenvalue weighted by Crippen LogP contribution is -2.17. The number of halogens is 2. The Kier molecular flexibility index (Phi) is 6.77. The molecular weight excluding hydrogens is 564 g/mol. The summed E-state index contributed by atoms with van der Waals surface area (Å²) in [5, 5.41) is 0. The van der Waals surface area contributed by atoms with Gasteiger partial charge in [0.05, 0.1) is 11.4 Å². The molecule has 0 saturated heterocycles. The third kappa shape index (κ3) is 4.54. The summed E-state index contributed by atoms with van der Waals surface area (Å²) < 4.78 is 85.1. The number of aromatic nitrogens is 3. The maximum absolute atomic E-state index is 14.6. The van der Waals surface area contributed by atoms with Gasteiger partial charge in [-0.25, -0.2) is 33.6 Å². The van der Waals surface area contributed by atoms with E-state index in [9.17, 15) is 35.2 Å². The van der Waals surface area contributed by atoms with Gasteiger partial charge in [0.15, 0.2) is 12.6 Å². The Morgan fingerprint density at radius 2 is 1.02 bits per heavy atom. The highest BCUT2D eigenvalue weighted by atomic mass is 32.2. The second kappa shape index (κ2) is 10.1. The van der Waals surface area contributed by atoms with Gasteiger partial charge in [-0.2, -0.15) is 0 Å². The number of rotatable bonds is 8. The number of nitrogens with zero attached hydrogens (tertiary/aromatic N) is 3. The van der Waals surface area contributed by atoms with Crippen molar-refractivity contribution in [2.75, 3.05) is 0 Å². The first kappa shape index (κ1) is 26.8. The molecule has 0 aliphatic rings. The summed E-state index contributed by atoms with van der Waals surface area (Å²) in [7, 11) is -9.24. The number of hydrogen-bond donors (Lipinski definition) is 0. The van der Waals surface area contributed by atoms with E-state index in [-0.39, 0.29) is 33.6 Å². The summed E-state index contributed by atoms with van der Waals surface area (Å²) in [4.78, 5) is 25.5. The van der Waals surface area contributed by atoms with Crippen LogP contribution < -0.4 is 0 Å². The van der Waals surface area contributed by atoms with Gasteiger partial charge in [-0.3, -0.25) is 14.6 Å². The Balaban J connectivity index is 1.66. The van der Waals surface area contributed by atoms with Gasteiger partial charge in [0.2, 0.25) is 0 Å². The molecule has 0 radical (unpaired) electrons. The molecule has 0 saturated carbocycles. The standard InChI is InChI=1S/C27H17F2N3O6S2/c28-24-7-3-1-5-22(24)26-9-18(16-33)14-31(26)39(35,36)20-11-21(13-30-12-20)40(37,38)32-15-19(17-34)10-27(32)23-6-2-4-8-25(23)29/h1-17H. The van der Waals surface area contributed by atoms with Crippen molar-refractivity contribution in [3.63, 3.8) is 0 Å². The molecule has 13 heteroatoms. The fraction of sp³-hybridized carbons (Fsp3) is 0. The summed E-state index contributed by atoms with van der Waals surface area (Å²) in [5.41, 5.74) is -0.699. The highest BCUT2D eigenvalue weighted by molar-refractivity contribution is 7.90. The van der Waals surface area contributed by atoms with Crippen LogP contribution in [0.2, 0.25) is 0 Å². The molecule has 40 heavy (non-hydrogen) atoms. The van der Waals surface area contributed by atoms with Gasteiger partial charge in [0.1, 0.15) is 21.4 Å². The molecule has 5 aromatic rings. The summed E-state index contributed by atoms with van der Waals surface area (Å²) in [6, 6.07) is 13.9. The van der Waals surface area contributed by atoms with Crippen molar-refractivity contribution in [2.24, 2.45) is 0 Å². The van der Waals surface area contributed by atoms with Crippen LogP contribution in [0.5, 0.6) is 0 Å². The van der Waals surface area contributed by atoms with Gasteiger partial charge in [-0.1, -0.05) is 24.3 Å². The minimum atomic E-state index is -4.62. The first-order valence-corrected chi connectivity index (χ1v) is 14.3. The van der Waals surface area contributed by atoms with Crippen LogP contribution in [-0.4, -0.2) is 42.3 Å². The summed E-state index contributed by atoms with van der Waals surface area (Å²) in [6.45, 7) is 0. The lowest BCUT2D eigenvalue weighted by Gasteiger charge is -2.14. The van der Waals surface area contributed by atoms with Gasteiger partial charge >= 0.3 is 0 Å². The number of pyridine rings is 1. The van der Waals surface area contributed by atoms with Crippen molar-refractivity contribution in [2.45, 2.75) is 9.79 Å². The average molecular weight is 582 g/mol. The molecule has 0 bridgehead atoms. The molecule has 0 amide bonds. The number of benzene rings is 2. The molecule has 0 N–H and O–H groups in total. The van der Waals surface area contributed by atoms with Crippen LogP contribution in [0.3, 0.4) is 0 Å². The van der Waals surface area contributed by atoms with E-state index < -0.39 is 41.5 Å². The zero-order valence-electron chi connectivity index (χ0n) is 20.2. The van der Waals surface area contributed by atoms with Crippen LogP contribution in [-0.2, 0) is 20.0 Å².